The number of nitrogens with one attached hydrogen (secondary N) is 1. The number of hydrogen-bond donors (Lipinski definition) is 1. The lowest BCUT2D eigenvalue weighted by atomic mass is 10.0. The fourth-order valence-corrected chi connectivity index (χ4v) is 2.28. The Balaban J connectivity index is 2.08. The molecule has 0 heterocycles. The SMILES string of the molecule is CCc1ccc(CC)c(CNC(=O)c2ccccc2)c1. The zero-order valence-electron chi connectivity index (χ0n) is 12.1. The molecule has 2 heteroatoms. The molecule has 0 spiro atoms. The number of carbonyl (C=O) groups excluding carboxylic acids is 1. The quantitative estimate of drug-likeness (QED) is 0.878. The molecule has 2 rings (SSSR count). The van der Waals surface area contributed by atoms with Crippen molar-refractivity contribution in [1.29, 1.82) is 0 Å². The molecule has 2 nitrogen and oxygen atoms in total. The zero-order valence-corrected chi connectivity index (χ0v) is 12.1. The summed E-state index contributed by atoms with van der Waals surface area (Å²) in [6, 6.07) is 15.9. The van der Waals surface area contributed by atoms with Gasteiger partial charge in [0.25, 0.3) is 5.91 Å². The second-order valence-electron chi connectivity index (χ2n) is 4.86. The van der Waals surface area contributed by atoms with E-state index in [0.717, 1.165) is 12.8 Å². The first-order valence-electron chi connectivity index (χ1n) is 7.18. The Bertz CT molecular complexity index is 575. The third-order valence-corrected chi connectivity index (χ3v) is 3.54. The van der Waals surface area contributed by atoms with E-state index in [4.69, 9.17) is 0 Å². The molecule has 0 aliphatic carbocycles. The molecule has 20 heavy (non-hydrogen) atoms. The molecule has 2 aromatic rings. The van der Waals surface area contributed by atoms with Crippen LogP contribution in [-0.4, -0.2) is 5.91 Å². The minimum absolute atomic E-state index is 0.0189. The fourth-order valence-electron chi connectivity index (χ4n) is 2.28. The van der Waals surface area contributed by atoms with Gasteiger partial charge >= 0.3 is 0 Å². The molecule has 0 atom stereocenters. The Labute approximate surface area is 120 Å². The van der Waals surface area contributed by atoms with Gasteiger partial charge in [-0.15, -0.1) is 0 Å². The molecular formula is C18H21NO. The molecule has 0 aliphatic rings. The average Bonchev–Trinajstić information content (AvgIpc) is 2.53. The van der Waals surface area contributed by atoms with E-state index in [1.54, 1.807) is 0 Å². The Kier molecular flexibility index (Phi) is 4.94. The van der Waals surface area contributed by atoms with Crippen molar-refractivity contribution in [2.45, 2.75) is 33.2 Å². The van der Waals surface area contributed by atoms with E-state index in [1.165, 1.54) is 16.7 Å². The molecule has 0 bridgehead atoms. The van der Waals surface area contributed by atoms with Crippen LogP contribution >= 0.6 is 0 Å². The van der Waals surface area contributed by atoms with Crippen molar-refractivity contribution < 1.29 is 4.79 Å². The van der Waals surface area contributed by atoms with Gasteiger partial charge in [-0.1, -0.05) is 50.2 Å². The van der Waals surface area contributed by atoms with Crippen LogP contribution in [0.3, 0.4) is 0 Å². The van der Waals surface area contributed by atoms with Crippen LogP contribution < -0.4 is 5.32 Å². The van der Waals surface area contributed by atoms with Gasteiger partial charge in [0.15, 0.2) is 0 Å². The molecular weight excluding hydrogens is 246 g/mol. The smallest absolute Gasteiger partial charge is 0.251 e. The van der Waals surface area contributed by atoms with Crippen molar-refractivity contribution in [3.8, 4) is 0 Å². The first-order valence-corrected chi connectivity index (χ1v) is 7.18. The number of rotatable bonds is 5. The van der Waals surface area contributed by atoms with Crippen molar-refractivity contribution >= 4 is 5.91 Å². The number of aryl methyl sites for hydroxylation is 2. The number of hydrogen-bond acceptors (Lipinski definition) is 1. The highest BCUT2D eigenvalue weighted by atomic mass is 16.1. The predicted octanol–water partition coefficient (Wildman–Crippen LogP) is 3.74. The van der Waals surface area contributed by atoms with Crippen LogP contribution in [0.15, 0.2) is 48.5 Å². The standard InChI is InChI=1S/C18H21NO/c1-3-14-10-11-15(4-2)17(12-14)13-19-18(20)16-8-6-5-7-9-16/h5-12H,3-4,13H2,1-2H3,(H,19,20). The maximum Gasteiger partial charge on any atom is 0.251 e. The lowest BCUT2D eigenvalue weighted by Gasteiger charge is -2.11. The molecule has 0 unspecified atom stereocenters. The summed E-state index contributed by atoms with van der Waals surface area (Å²) in [5.74, 6) is -0.0189. The number of benzene rings is 2. The molecule has 1 amide bonds. The highest BCUT2D eigenvalue weighted by Crippen LogP contribution is 2.14. The van der Waals surface area contributed by atoms with E-state index >= 15 is 0 Å². The van der Waals surface area contributed by atoms with Crippen LogP contribution in [0.25, 0.3) is 0 Å². The van der Waals surface area contributed by atoms with Crippen LogP contribution in [0.2, 0.25) is 0 Å². The zero-order chi connectivity index (χ0) is 14.4. The summed E-state index contributed by atoms with van der Waals surface area (Å²) >= 11 is 0. The molecule has 2 aromatic carbocycles. The first-order chi connectivity index (χ1) is 9.74. The molecule has 0 radical (unpaired) electrons. The molecule has 1 N–H and O–H groups in total. The van der Waals surface area contributed by atoms with Crippen LogP contribution in [0.1, 0.15) is 40.9 Å². The predicted molar refractivity (Wildman–Crippen MR) is 82.8 cm³/mol. The van der Waals surface area contributed by atoms with Gasteiger partial charge in [0.1, 0.15) is 0 Å². The second kappa shape index (κ2) is 6.90. The van der Waals surface area contributed by atoms with Gasteiger partial charge in [0, 0.05) is 12.1 Å². The Morgan fingerprint density at radius 3 is 2.35 bits per heavy atom. The summed E-state index contributed by atoms with van der Waals surface area (Å²) in [6.07, 6.45) is 2.00. The molecule has 0 fully saturated rings. The van der Waals surface area contributed by atoms with Crippen molar-refractivity contribution in [1.82, 2.24) is 5.32 Å². The third-order valence-electron chi connectivity index (χ3n) is 3.54. The van der Waals surface area contributed by atoms with Crippen LogP contribution in [0.4, 0.5) is 0 Å². The van der Waals surface area contributed by atoms with Gasteiger partial charge in [-0.05, 0) is 41.7 Å². The lowest BCUT2D eigenvalue weighted by Crippen LogP contribution is -2.23. The van der Waals surface area contributed by atoms with Gasteiger partial charge in [0.05, 0.1) is 0 Å². The average molecular weight is 267 g/mol. The first kappa shape index (κ1) is 14.3. The van der Waals surface area contributed by atoms with E-state index in [1.807, 2.05) is 30.3 Å². The van der Waals surface area contributed by atoms with Crippen LogP contribution in [0, 0.1) is 0 Å². The van der Waals surface area contributed by atoms with Crippen molar-refractivity contribution in [2.24, 2.45) is 0 Å². The summed E-state index contributed by atoms with van der Waals surface area (Å²) in [4.78, 5) is 12.1. The molecule has 104 valence electrons. The van der Waals surface area contributed by atoms with Gasteiger partial charge < -0.3 is 5.32 Å². The van der Waals surface area contributed by atoms with Gasteiger partial charge in [-0.2, -0.15) is 0 Å². The minimum Gasteiger partial charge on any atom is -0.348 e. The summed E-state index contributed by atoms with van der Waals surface area (Å²) in [5, 5.41) is 3.00. The Morgan fingerprint density at radius 1 is 0.950 bits per heavy atom. The van der Waals surface area contributed by atoms with Crippen LogP contribution in [0.5, 0.6) is 0 Å². The van der Waals surface area contributed by atoms with Gasteiger partial charge in [-0.3, -0.25) is 4.79 Å². The summed E-state index contributed by atoms with van der Waals surface area (Å²) in [7, 11) is 0. The molecule has 0 aromatic heterocycles. The fraction of sp³-hybridized carbons (Fsp3) is 0.278. The molecule has 0 saturated heterocycles. The molecule has 0 saturated carbocycles. The maximum atomic E-state index is 12.1. The van der Waals surface area contributed by atoms with Crippen LogP contribution in [-0.2, 0) is 19.4 Å². The summed E-state index contributed by atoms with van der Waals surface area (Å²) < 4.78 is 0. The van der Waals surface area contributed by atoms with Gasteiger partial charge in [-0.25, -0.2) is 0 Å². The lowest BCUT2D eigenvalue weighted by molar-refractivity contribution is 0.0951. The topological polar surface area (TPSA) is 29.1 Å². The highest BCUT2D eigenvalue weighted by molar-refractivity contribution is 5.94. The second-order valence-corrected chi connectivity index (χ2v) is 4.86. The van der Waals surface area contributed by atoms with E-state index in [0.29, 0.717) is 12.1 Å². The van der Waals surface area contributed by atoms with E-state index < -0.39 is 0 Å². The Hall–Kier alpha value is -2.09. The van der Waals surface area contributed by atoms with E-state index in [2.05, 4.69) is 37.4 Å². The summed E-state index contributed by atoms with van der Waals surface area (Å²) in [6.45, 7) is 4.88. The van der Waals surface area contributed by atoms with E-state index in [-0.39, 0.29) is 5.91 Å². The third kappa shape index (κ3) is 3.47. The van der Waals surface area contributed by atoms with Crippen molar-refractivity contribution in [2.75, 3.05) is 0 Å². The number of carbonyl (C=O) groups is 1. The van der Waals surface area contributed by atoms with Crippen molar-refractivity contribution in [3.05, 3.63) is 70.8 Å². The van der Waals surface area contributed by atoms with Crippen molar-refractivity contribution in [3.63, 3.8) is 0 Å². The Morgan fingerprint density at radius 2 is 1.70 bits per heavy atom. The molecule has 0 aliphatic heterocycles. The largest absolute Gasteiger partial charge is 0.348 e. The normalized spacial score (nSPS) is 10.3. The van der Waals surface area contributed by atoms with Gasteiger partial charge in [0.2, 0.25) is 0 Å². The minimum atomic E-state index is -0.0189. The highest BCUT2D eigenvalue weighted by Gasteiger charge is 2.06. The maximum absolute atomic E-state index is 12.1. The van der Waals surface area contributed by atoms with E-state index in [9.17, 15) is 4.79 Å². The number of amides is 1. The monoisotopic (exact) mass is 267 g/mol. The summed E-state index contributed by atoms with van der Waals surface area (Å²) in [5.41, 5.74) is 4.54.